The highest BCUT2D eigenvalue weighted by molar-refractivity contribution is 7.79. The van der Waals surface area contributed by atoms with Gasteiger partial charge in [-0.3, -0.25) is 0 Å². The number of thiol groups is 1. The summed E-state index contributed by atoms with van der Waals surface area (Å²) in [6.45, 7) is 1.64. The first-order valence-corrected chi connectivity index (χ1v) is 1.90. The van der Waals surface area contributed by atoms with Crippen LogP contribution in [0.25, 0.3) is 0 Å². The first-order chi connectivity index (χ1) is 2.77. The summed E-state index contributed by atoms with van der Waals surface area (Å²) >= 11 is 3.49. The van der Waals surface area contributed by atoms with E-state index in [-0.39, 0.29) is 0 Å². The van der Waals surface area contributed by atoms with Crippen molar-refractivity contribution in [2.24, 2.45) is 4.40 Å². The molecule has 0 aromatic heterocycles. The zero-order valence-corrected chi connectivity index (χ0v) is 4.37. The average molecular weight is 102 g/mol. The summed E-state index contributed by atoms with van der Waals surface area (Å²) in [6, 6.07) is 0. The molecule has 2 nitrogen and oxygen atoms in total. The molecule has 0 heterocycles. The van der Waals surface area contributed by atoms with Crippen LogP contribution in [0.4, 0.5) is 0 Å². The normalized spacial score (nSPS) is 9.67. The third-order valence-corrected chi connectivity index (χ3v) is 0.367. The molecule has 0 aromatic carbocycles. The van der Waals surface area contributed by atoms with Crippen LogP contribution in [0.15, 0.2) is 4.40 Å². The lowest BCUT2D eigenvalue weighted by atomic mass is 10.5. The van der Waals surface area contributed by atoms with Crippen molar-refractivity contribution >= 4 is 24.7 Å². The number of hydrogen-bond acceptors (Lipinski definition) is 3. The second kappa shape index (κ2) is 2.90. The van der Waals surface area contributed by atoms with Crippen LogP contribution in [-0.2, 0) is 0 Å². The van der Waals surface area contributed by atoms with E-state index < -0.39 is 0 Å². The molecule has 6 heavy (non-hydrogen) atoms. The first kappa shape index (κ1) is 5.69. The monoisotopic (exact) mass is 102 g/mol. The van der Waals surface area contributed by atoms with Crippen molar-refractivity contribution in [1.29, 1.82) is 5.41 Å². The Hall–Kier alpha value is -0.310. The molecule has 0 aliphatic carbocycles. The largest absolute Gasteiger partial charge is 0.304 e. The van der Waals surface area contributed by atoms with Gasteiger partial charge in [0.05, 0.1) is 6.21 Å². The van der Waals surface area contributed by atoms with Gasteiger partial charge >= 0.3 is 0 Å². The summed E-state index contributed by atoms with van der Waals surface area (Å²) in [5, 5.41) is 6.70. The summed E-state index contributed by atoms with van der Waals surface area (Å²) in [5.41, 5.74) is 0.421. The van der Waals surface area contributed by atoms with Crippen LogP contribution in [0.3, 0.4) is 0 Å². The van der Waals surface area contributed by atoms with Gasteiger partial charge < -0.3 is 5.41 Å². The van der Waals surface area contributed by atoms with E-state index >= 15 is 0 Å². The van der Waals surface area contributed by atoms with Crippen molar-refractivity contribution in [3.05, 3.63) is 0 Å². The molecule has 0 bridgehead atoms. The van der Waals surface area contributed by atoms with Gasteiger partial charge in [-0.05, 0) is 19.7 Å². The number of nitrogens with one attached hydrogen (secondary N) is 1. The molecule has 3 heteroatoms. The molecular formula is C3H6N2S. The summed E-state index contributed by atoms with van der Waals surface area (Å²) < 4.78 is 3.28. The minimum Gasteiger partial charge on any atom is -0.304 e. The van der Waals surface area contributed by atoms with Crippen LogP contribution < -0.4 is 0 Å². The molecule has 1 N–H and O–H groups in total. The van der Waals surface area contributed by atoms with Gasteiger partial charge in [0.2, 0.25) is 0 Å². The van der Waals surface area contributed by atoms with E-state index in [9.17, 15) is 0 Å². The molecule has 0 unspecified atom stereocenters. The molecule has 0 saturated carbocycles. The minimum absolute atomic E-state index is 0.421. The maximum Gasteiger partial charge on any atom is 0.0553 e. The maximum absolute atomic E-state index is 6.70. The second-order valence-electron chi connectivity index (χ2n) is 0.928. The standard InChI is InChI=1S/C3H6N2S/c1-3(4)2-5-6/h2,4,6H,1H3/b4-3?,5-2-. The van der Waals surface area contributed by atoms with Crippen LogP contribution in [0.1, 0.15) is 6.92 Å². The van der Waals surface area contributed by atoms with Crippen LogP contribution in [0.5, 0.6) is 0 Å². The van der Waals surface area contributed by atoms with Crippen molar-refractivity contribution in [3.63, 3.8) is 0 Å². The number of nitrogens with zero attached hydrogens (tertiary/aromatic N) is 1. The van der Waals surface area contributed by atoms with Crippen molar-refractivity contribution in [2.75, 3.05) is 0 Å². The molecular weight excluding hydrogens is 96.1 g/mol. The third-order valence-electron chi connectivity index (χ3n) is 0.251. The van der Waals surface area contributed by atoms with Gasteiger partial charge in [0.25, 0.3) is 0 Å². The van der Waals surface area contributed by atoms with E-state index in [1.54, 1.807) is 6.92 Å². The highest BCUT2D eigenvalue weighted by Gasteiger charge is 1.69. The Morgan fingerprint density at radius 3 is 2.50 bits per heavy atom. The molecule has 0 aromatic rings. The van der Waals surface area contributed by atoms with Crippen LogP contribution >= 0.6 is 12.8 Å². The summed E-state index contributed by atoms with van der Waals surface area (Å²) in [5.74, 6) is 0. The first-order valence-electron chi connectivity index (χ1n) is 1.50. The number of hydrogen-bond donors (Lipinski definition) is 2. The second-order valence-corrected chi connectivity index (χ2v) is 1.16. The van der Waals surface area contributed by atoms with E-state index in [4.69, 9.17) is 5.41 Å². The Kier molecular flexibility index (Phi) is 2.75. The van der Waals surface area contributed by atoms with Crippen molar-refractivity contribution in [3.8, 4) is 0 Å². The van der Waals surface area contributed by atoms with E-state index in [1.165, 1.54) is 6.21 Å². The van der Waals surface area contributed by atoms with Gasteiger partial charge in [-0.1, -0.05) is 0 Å². The van der Waals surface area contributed by atoms with Gasteiger partial charge in [-0.25, -0.2) is 4.40 Å². The lowest BCUT2D eigenvalue weighted by Gasteiger charge is -1.72. The predicted octanol–water partition coefficient (Wildman–Crippen LogP) is 0.942. The maximum atomic E-state index is 6.70. The van der Waals surface area contributed by atoms with E-state index in [0.717, 1.165) is 0 Å². The van der Waals surface area contributed by atoms with Crippen LogP contribution in [0, 0.1) is 5.41 Å². The molecule has 0 aliphatic heterocycles. The van der Waals surface area contributed by atoms with Crippen molar-refractivity contribution in [1.82, 2.24) is 0 Å². The molecule has 0 amide bonds. The van der Waals surface area contributed by atoms with Crippen molar-refractivity contribution in [2.45, 2.75) is 6.92 Å². The van der Waals surface area contributed by atoms with Gasteiger partial charge in [0.1, 0.15) is 0 Å². The Morgan fingerprint density at radius 1 is 2.00 bits per heavy atom. The summed E-state index contributed by atoms with van der Waals surface area (Å²) in [6.07, 6.45) is 1.36. The molecule has 0 saturated heterocycles. The Morgan fingerprint density at radius 2 is 2.50 bits per heavy atom. The highest BCUT2D eigenvalue weighted by Crippen LogP contribution is 1.68. The van der Waals surface area contributed by atoms with Crippen molar-refractivity contribution < 1.29 is 0 Å². The fourth-order valence-corrected chi connectivity index (χ4v) is 0.260. The summed E-state index contributed by atoms with van der Waals surface area (Å²) in [4.78, 5) is 0. The third kappa shape index (κ3) is 3.69. The summed E-state index contributed by atoms with van der Waals surface area (Å²) in [7, 11) is 0. The Labute approximate surface area is 42.3 Å². The molecule has 0 spiro atoms. The molecule has 34 valence electrons. The predicted molar refractivity (Wildman–Crippen MR) is 30.9 cm³/mol. The Bertz CT molecular complexity index is 76.9. The van der Waals surface area contributed by atoms with Crippen LogP contribution in [0.2, 0.25) is 0 Å². The molecule has 0 aliphatic rings. The van der Waals surface area contributed by atoms with Gasteiger partial charge in [0.15, 0.2) is 0 Å². The fraction of sp³-hybridized carbons (Fsp3) is 0.333. The topological polar surface area (TPSA) is 36.2 Å². The van der Waals surface area contributed by atoms with Gasteiger partial charge in [-0.2, -0.15) is 0 Å². The lowest BCUT2D eigenvalue weighted by molar-refractivity contribution is 1.52. The fourth-order valence-electron chi connectivity index (χ4n) is 0.0866. The minimum atomic E-state index is 0.421. The molecule has 0 radical (unpaired) electrons. The van der Waals surface area contributed by atoms with Gasteiger partial charge in [-0.15, -0.1) is 0 Å². The van der Waals surface area contributed by atoms with Gasteiger partial charge in [0, 0.05) is 5.71 Å². The SMILES string of the molecule is CC(=N)/C=N\S. The quantitative estimate of drug-likeness (QED) is 0.365. The van der Waals surface area contributed by atoms with E-state index in [0.29, 0.717) is 5.71 Å². The average Bonchev–Trinajstić information content (AvgIpc) is 1.35. The zero-order chi connectivity index (χ0) is 4.99. The number of rotatable bonds is 1. The van der Waals surface area contributed by atoms with E-state index in [1.807, 2.05) is 0 Å². The highest BCUT2D eigenvalue weighted by atomic mass is 32.1. The zero-order valence-electron chi connectivity index (χ0n) is 3.47. The Balaban J connectivity index is 3.30. The molecule has 0 rings (SSSR count). The molecule has 0 atom stereocenters. The van der Waals surface area contributed by atoms with E-state index in [2.05, 4.69) is 17.2 Å². The smallest absolute Gasteiger partial charge is 0.0553 e. The lowest BCUT2D eigenvalue weighted by Crippen LogP contribution is -1.84. The molecule has 0 fully saturated rings. The van der Waals surface area contributed by atoms with Crippen LogP contribution in [-0.4, -0.2) is 11.9 Å².